The van der Waals surface area contributed by atoms with Crippen molar-refractivity contribution in [1.82, 2.24) is 19.6 Å². The van der Waals surface area contributed by atoms with Gasteiger partial charge in [-0.2, -0.15) is 9.63 Å². The minimum atomic E-state index is -1.11. The quantitative estimate of drug-likeness (QED) is 0.506. The van der Waals surface area contributed by atoms with E-state index >= 15 is 0 Å². The average Bonchev–Trinajstić information content (AvgIpc) is 2.85. The number of hydrogen-bond acceptors (Lipinski definition) is 6. The van der Waals surface area contributed by atoms with E-state index in [2.05, 4.69) is 25.9 Å². The molecule has 8 nitrogen and oxygen atoms in total. The van der Waals surface area contributed by atoms with Crippen LogP contribution in [-0.4, -0.2) is 38.9 Å². The van der Waals surface area contributed by atoms with Crippen molar-refractivity contribution in [3.63, 3.8) is 0 Å². The van der Waals surface area contributed by atoms with Gasteiger partial charge in [0.1, 0.15) is 28.9 Å². The minimum absolute atomic E-state index is 0.364. The van der Waals surface area contributed by atoms with Crippen LogP contribution in [0.15, 0.2) is 16.7 Å². The zero-order chi connectivity index (χ0) is 17.2. The number of pyridine rings is 2. The monoisotopic (exact) mass is 393 g/mol. The largest absolute Gasteiger partial charge is 0.382 e. The summed E-state index contributed by atoms with van der Waals surface area (Å²) in [6, 6.07) is 1.89. The zero-order valence-corrected chi connectivity index (χ0v) is 15.2. The molecule has 1 atom stereocenters. The number of hydrogen-bond donors (Lipinski definition) is 2. The molecule has 24 heavy (non-hydrogen) atoms. The number of rotatable bonds is 3. The van der Waals surface area contributed by atoms with Crippen LogP contribution < -0.4 is 10.3 Å². The number of halogens is 1. The van der Waals surface area contributed by atoms with Gasteiger partial charge in [-0.25, -0.2) is 9.97 Å². The molecule has 4 rings (SSSR count). The normalized spacial score (nSPS) is 19.9. The van der Waals surface area contributed by atoms with Gasteiger partial charge in [0.15, 0.2) is 12.0 Å². The fraction of sp³-hybridized carbons (Fsp3) is 0.400. The standard InChI is InChI=1S/C15H18BrN6O2/c1-15(23)7-21-10(6-20(2)24-3)19-11-13(21)12-9(18-14(11)17)4-8(16)5-22(12)15/h4-5,23H,6-7H2,1-3H3,(H2,17,18)/q+1. The maximum atomic E-state index is 11.0. The van der Waals surface area contributed by atoms with Gasteiger partial charge in [-0.3, -0.25) is 0 Å². The van der Waals surface area contributed by atoms with Crippen LogP contribution in [0, 0.1) is 0 Å². The summed E-state index contributed by atoms with van der Waals surface area (Å²) < 4.78 is 4.65. The predicted octanol–water partition coefficient (Wildman–Crippen LogP) is 0.888. The molecule has 0 amide bonds. The Morgan fingerprint density at radius 2 is 2.29 bits per heavy atom. The molecule has 3 N–H and O–H groups in total. The van der Waals surface area contributed by atoms with Crippen LogP contribution in [0.4, 0.5) is 5.82 Å². The molecule has 0 aliphatic carbocycles. The highest BCUT2D eigenvalue weighted by Crippen LogP contribution is 2.33. The highest BCUT2D eigenvalue weighted by Gasteiger charge is 2.42. The summed E-state index contributed by atoms with van der Waals surface area (Å²) >= 11 is 3.47. The van der Waals surface area contributed by atoms with Crippen LogP contribution in [0.5, 0.6) is 0 Å². The first kappa shape index (κ1) is 15.7. The van der Waals surface area contributed by atoms with Gasteiger partial charge in [0.2, 0.25) is 0 Å². The van der Waals surface area contributed by atoms with E-state index in [9.17, 15) is 5.11 Å². The first-order valence-corrected chi connectivity index (χ1v) is 8.28. The molecule has 3 aromatic heterocycles. The number of anilines is 1. The third-order valence-electron chi connectivity index (χ3n) is 4.42. The molecule has 1 unspecified atom stereocenters. The Morgan fingerprint density at radius 3 is 3.00 bits per heavy atom. The van der Waals surface area contributed by atoms with E-state index in [1.54, 1.807) is 19.1 Å². The molecule has 0 saturated heterocycles. The first-order chi connectivity index (χ1) is 11.3. The molecule has 9 heteroatoms. The second kappa shape index (κ2) is 5.09. The minimum Gasteiger partial charge on any atom is -0.382 e. The number of imidazole rings is 1. The van der Waals surface area contributed by atoms with Crippen LogP contribution in [-0.2, 0) is 23.7 Å². The van der Waals surface area contributed by atoms with Gasteiger partial charge in [0.05, 0.1) is 18.1 Å². The fourth-order valence-electron chi connectivity index (χ4n) is 3.28. The maximum Gasteiger partial charge on any atom is 0.285 e. The van der Waals surface area contributed by atoms with Crippen LogP contribution in [0.25, 0.3) is 22.1 Å². The molecule has 0 fully saturated rings. The number of nitrogens with zero attached hydrogens (tertiary/aromatic N) is 5. The molecule has 1 aliphatic heterocycles. The van der Waals surface area contributed by atoms with E-state index in [0.29, 0.717) is 29.9 Å². The highest BCUT2D eigenvalue weighted by molar-refractivity contribution is 9.10. The SMILES string of the molecule is CON(C)Cc1nc2c(N)nc3cc(Br)c[n+]4c3c2n1CC4(C)O. The molecule has 0 radical (unpaired) electrons. The average molecular weight is 394 g/mol. The molecular formula is C15H18BrN6O2+. The van der Waals surface area contributed by atoms with Crippen molar-refractivity contribution in [3.05, 3.63) is 22.6 Å². The summed E-state index contributed by atoms with van der Waals surface area (Å²) in [7, 11) is 3.43. The smallest absolute Gasteiger partial charge is 0.285 e. The number of nitrogen functional groups attached to an aromatic ring is 1. The number of nitrogens with two attached hydrogens (primary N) is 1. The van der Waals surface area contributed by atoms with Gasteiger partial charge < -0.3 is 20.2 Å². The highest BCUT2D eigenvalue weighted by atomic mass is 79.9. The summed E-state index contributed by atoms with van der Waals surface area (Å²) in [5.74, 6) is 1.15. The molecule has 0 aromatic carbocycles. The lowest BCUT2D eigenvalue weighted by Crippen LogP contribution is -2.59. The molecule has 4 heterocycles. The fourth-order valence-corrected chi connectivity index (χ4v) is 3.70. The Morgan fingerprint density at radius 1 is 1.54 bits per heavy atom. The van der Waals surface area contributed by atoms with Crippen molar-refractivity contribution in [3.8, 4) is 0 Å². The lowest BCUT2D eigenvalue weighted by atomic mass is 10.1. The summed E-state index contributed by atoms with van der Waals surface area (Å²) in [5.41, 5.74) is 8.09. The van der Waals surface area contributed by atoms with Crippen molar-refractivity contribution in [2.24, 2.45) is 0 Å². The molecule has 1 aliphatic rings. The van der Waals surface area contributed by atoms with Gasteiger partial charge in [-0.15, -0.1) is 0 Å². The van der Waals surface area contributed by atoms with Gasteiger partial charge in [0.25, 0.3) is 11.2 Å². The van der Waals surface area contributed by atoms with E-state index in [4.69, 9.17) is 10.6 Å². The van der Waals surface area contributed by atoms with Gasteiger partial charge >= 0.3 is 0 Å². The molecular weight excluding hydrogens is 376 g/mol. The van der Waals surface area contributed by atoms with E-state index < -0.39 is 5.72 Å². The number of aliphatic hydroxyl groups is 1. The van der Waals surface area contributed by atoms with Crippen molar-refractivity contribution >= 4 is 43.8 Å². The van der Waals surface area contributed by atoms with Gasteiger partial charge in [-0.1, -0.05) is 0 Å². The third kappa shape index (κ3) is 2.12. The summed E-state index contributed by atoms with van der Waals surface area (Å²) in [6.07, 6.45) is 1.86. The van der Waals surface area contributed by atoms with Gasteiger partial charge in [0, 0.05) is 14.0 Å². The number of hydroxylamine groups is 2. The predicted molar refractivity (Wildman–Crippen MR) is 91.7 cm³/mol. The molecule has 0 spiro atoms. The molecule has 126 valence electrons. The van der Waals surface area contributed by atoms with Crippen LogP contribution in [0.1, 0.15) is 12.7 Å². The molecule has 0 bridgehead atoms. The Bertz CT molecular complexity index is 983. The van der Waals surface area contributed by atoms with E-state index in [-0.39, 0.29) is 0 Å². The Labute approximate surface area is 146 Å². The summed E-state index contributed by atoms with van der Waals surface area (Å²) in [6.45, 7) is 2.61. The zero-order valence-electron chi connectivity index (χ0n) is 13.6. The van der Waals surface area contributed by atoms with Crippen LogP contribution in [0.3, 0.4) is 0 Å². The lowest BCUT2D eigenvalue weighted by molar-refractivity contribution is -0.786. The lowest BCUT2D eigenvalue weighted by Gasteiger charge is -2.26. The Hall–Kier alpha value is -1.81. The van der Waals surface area contributed by atoms with E-state index in [1.165, 1.54) is 0 Å². The maximum absolute atomic E-state index is 11.0. The van der Waals surface area contributed by atoms with Crippen molar-refractivity contribution in [1.29, 1.82) is 0 Å². The van der Waals surface area contributed by atoms with E-state index in [0.717, 1.165) is 21.3 Å². The second-order valence-electron chi connectivity index (χ2n) is 6.26. The second-order valence-corrected chi connectivity index (χ2v) is 7.17. The Kier molecular flexibility index (Phi) is 3.33. The summed E-state index contributed by atoms with van der Waals surface area (Å²) in [5, 5.41) is 12.7. The van der Waals surface area contributed by atoms with Crippen LogP contribution in [0.2, 0.25) is 0 Å². The van der Waals surface area contributed by atoms with Crippen molar-refractivity contribution in [2.75, 3.05) is 19.9 Å². The van der Waals surface area contributed by atoms with Crippen molar-refractivity contribution in [2.45, 2.75) is 25.7 Å². The first-order valence-electron chi connectivity index (χ1n) is 7.49. The number of aromatic nitrogens is 4. The summed E-state index contributed by atoms with van der Waals surface area (Å²) in [4.78, 5) is 14.3. The van der Waals surface area contributed by atoms with Crippen molar-refractivity contribution < 1.29 is 14.5 Å². The van der Waals surface area contributed by atoms with Crippen LogP contribution >= 0.6 is 15.9 Å². The molecule has 0 saturated carbocycles. The van der Waals surface area contributed by atoms with Gasteiger partial charge in [-0.05, 0) is 22.0 Å². The van der Waals surface area contributed by atoms with E-state index in [1.807, 2.05) is 28.4 Å². The third-order valence-corrected chi connectivity index (χ3v) is 4.85. The topological polar surface area (TPSA) is 93.3 Å². The molecule has 3 aromatic rings. The Balaban J connectivity index is 2.13.